The fourth-order valence-corrected chi connectivity index (χ4v) is 5.73. The van der Waals surface area contributed by atoms with Crippen molar-refractivity contribution in [2.24, 2.45) is 5.41 Å². The van der Waals surface area contributed by atoms with Gasteiger partial charge in [-0.1, -0.05) is 50.1 Å². The summed E-state index contributed by atoms with van der Waals surface area (Å²) in [6.45, 7) is 2.62. The molecule has 35 heavy (non-hydrogen) atoms. The van der Waals surface area contributed by atoms with Crippen molar-refractivity contribution in [3.05, 3.63) is 59.7 Å². The summed E-state index contributed by atoms with van der Waals surface area (Å²) in [4.78, 5) is 56.0. The fraction of sp³-hybridized carbons (Fsp3) is 0.407. The lowest BCUT2D eigenvalue weighted by Crippen LogP contribution is -2.71. The quantitative estimate of drug-likeness (QED) is 0.660. The van der Waals surface area contributed by atoms with Gasteiger partial charge < -0.3 is 10.2 Å². The number of carbonyl (C=O) groups is 4. The van der Waals surface area contributed by atoms with E-state index >= 15 is 0 Å². The molecule has 0 bridgehead atoms. The molecule has 0 radical (unpaired) electrons. The lowest BCUT2D eigenvalue weighted by atomic mass is 9.67. The second-order valence-corrected chi connectivity index (χ2v) is 9.59. The zero-order valence-electron chi connectivity index (χ0n) is 19.9. The molecule has 2 aromatic rings. The molecule has 2 atom stereocenters. The molecule has 3 aliphatic heterocycles. The highest BCUT2D eigenvalue weighted by molar-refractivity contribution is 6.20. The first kappa shape index (κ1) is 23.1. The van der Waals surface area contributed by atoms with Gasteiger partial charge in [0, 0.05) is 24.3 Å². The summed E-state index contributed by atoms with van der Waals surface area (Å²) in [5, 5.41) is 5.39. The summed E-state index contributed by atoms with van der Waals surface area (Å²) >= 11 is 0. The molecule has 0 unspecified atom stereocenters. The highest BCUT2D eigenvalue weighted by Gasteiger charge is 2.61. The number of imide groups is 2. The molecule has 3 heterocycles. The number of hydrogen-bond acceptors (Lipinski definition) is 5. The van der Waals surface area contributed by atoms with Gasteiger partial charge in [0.25, 0.3) is 0 Å². The van der Waals surface area contributed by atoms with Crippen LogP contribution in [0.2, 0.25) is 0 Å². The maximum Gasteiger partial charge on any atom is 0.331 e. The van der Waals surface area contributed by atoms with E-state index in [0.717, 1.165) is 42.6 Å². The summed E-state index contributed by atoms with van der Waals surface area (Å²) in [7, 11) is 0. The molecule has 182 valence electrons. The molecule has 0 saturated carbocycles. The minimum Gasteiger partial charge on any atom is -0.367 e. The number of nitrogens with one attached hydrogen (secondary N) is 2. The van der Waals surface area contributed by atoms with Crippen molar-refractivity contribution in [2.45, 2.75) is 58.0 Å². The number of amides is 5. The topological polar surface area (TPSA) is 98.8 Å². The number of hydrogen-bond donors (Lipinski definition) is 2. The third kappa shape index (κ3) is 3.96. The summed E-state index contributed by atoms with van der Waals surface area (Å²) in [5.41, 5.74) is 1.87. The zero-order chi connectivity index (χ0) is 24.6. The highest BCUT2D eigenvalue weighted by Crippen LogP contribution is 2.47. The summed E-state index contributed by atoms with van der Waals surface area (Å²) in [6, 6.07) is 14.0. The standard InChI is InChI=1S/C27H30N4O4/c1-2-23(32)28-20-12-13-21-19(15-20)16-27(22-11-7-4-8-14-30(21)22)24(33)29-26(35)31(25(27)34)17-18-9-5-3-6-10-18/h3,5-6,9-10,12-13,15,22H,2,4,7-8,11,14,16-17H2,1H3,(H,28,32)(H,29,33,35)/t22-,27+/m1/s1. The van der Waals surface area contributed by atoms with E-state index in [1.807, 2.05) is 48.5 Å². The number of nitrogens with zero attached hydrogens (tertiary/aromatic N) is 2. The molecule has 5 amide bonds. The first-order valence-corrected chi connectivity index (χ1v) is 12.3. The Bertz CT molecular complexity index is 1180. The van der Waals surface area contributed by atoms with Gasteiger partial charge in [-0.3, -0.25) is 24.6 Å². The van der Waals surface area contributed by atoms with Crippen LogP contribution in [0.4, 0.5) is 16.2 Å². The molecule has 2 fully saturated rings. The summed E-state index contributed by atoms with van der Waals surface area (Å²) < 4.78 is 0. The lowest BCUT2D eigenvalue weighted by molar-refractivity contribution is -0.154. The smallest absolute Gasteiger partial charge is 0.331 e. The average Bonchev–Trinajstić information content (AvgIpc) is 3.12. The second-order valence-electron chi connectivity index (χ2n) is 9.59. The number of carbonyl (C=O) groups excluding carboxylic acids is 4. The number of barbiturate groups is 1. The monoisotopic (exact) mass is 474 g/mol. The Hall–Kier alpha value is -3.68. The van der Waals surface area contributed by atoms with Crippen LogP contribution in [0, 0.1) is 5.41 Å². The van der Waals surface area contributed by atoms with Gasteiger partial charge in [-0.2, -0.15) is 0 Å². The van der Waals surface area contributed by atoms with E-state index in [-0.39, 0.29) is 24.9 Å². The van der Waals surface area contributed by atoms with Gasteiger partial charge in [-0.25, -0.2) is 4.79 Å². The van der Waals surface area contributed by atoms with Crippen molar-refractivity contribution in [1.82, 2.24) is 10.2 Å². The Kier molecular flexibility index (Phi) is 6.05. The van der Waals surface area contributed by atoms with Gasteiger partial charge in [-0.05, 0) is 48.6 Å². The van der Waals surface area contributed by atoms with E-state index in [4.69, 9.17) is 0 Å². The van der Waals surface area contributed by atoms with Crippen LogP contribution in [0.25, 0.3) is 0 Å². The number of anilines is 2. The van der Waals surface area contributed by atoms with Crippen LogP contribution in [0.5, 0.6) is 0 Å². The molecule has 3 aliphatic rings. The second kappa shape index (κ2) is 9.17. The summed E-state index contributed by atoms with van der Waals surface area (Å²) in [6.07, 6.45) is 4.12. The largest absolute Gasteiger partial charge is 0.367 e. The van der Waals surface area contributed by atoms with Crippen LogP contribution >= 0.6 is 0 Å². The molecular weight excluding hydrogens is 444 g/mol. The SMILES string of the molecule is CCC(=O)Nc1ccc2c(c1)C[C@@]1(C(=O)NC(=O)N(Cc3ccccc3)C1=O)[C@H]1CCCCCN21. The molecule has 1 spiro atoms. The average molecular weight is 475 g/mol. The van der Waals surface area contributed by atoms with Gasteiger partial charge in [0.05, 0.1) is 12.6 Å². The molecule has 2 N–H and O–H groups in total. The van der Waals surface area contributed by atoms with Gasteiger partial charge in [0.2, 0.25) is 17.7 Å². The van der Waals surface area contributed by atoms with E-state index in [9.17, 15) is 19.2 Å². The van der Waals surface area contributed by atoms with Crippen molar-refractivity contribution in [3.63, 3.8) is 0 Å². The normalized spacial score (nSPS) is 23.9. The number of benzene rings is 2. The summed E-state index contributed by atoms with van der Waals surface area (Å²) in [5.74, 6) is -1.07. The Labute approximate surface area is 204 Å². The Balaban J connectivity index is 1.58. The van der Waals surface area contributed by atoms with Gasteiger partial charge in [0.1, 0.15) is 0 Å². The minimum atomic E-state index is -1.41. The molecule has 2 aromatic carbocycles. The minimum absolute atomic E-state index is 0.103. The molecular formula is C27H30N4O4. The van der Waals surface area contributed by atoms with Crippen molar-refractivity contribution in [3.8, 4) is 0 Å². The maximum atomic E-state index is 14.2. The van der Waals surface area contributed by atoms with Crippen LogP contribution in [-0.4, -0.2) is 41.2 Å². The first-order chi connectivity index (χ1) is 16.9. The molecule has 0 aliphatic carbocycles. The van der Waals surface area contributed by atoms with E-state index in [1.54, 1.807) is 6.92 Å². The van der Waals surface area contributed by atoms with E-state index < -0.39 is 23.3 Å². The van der Waals surface area contributed by atoms with Crippen molar-refractivity contribution in [1.29, 1.82) is 0 Å². The molecule has 0 aromatic heterocycles. The highest BCUT2D eigenvalue weighted by atomic mass is 16.2. The zero-order valence-corrected chi connectivity index (χ0v) is 19.9. The van der Waals surface area contributed by atoms with Crippen LogP contribution in [0.15, 0.2) is 48.5 Å². The van der Waals surface area contributed by atoms with E-state index in [0.29, 0.717) is 18.5 Å². The third-order valence-electron chi connectivity index (χ3n) is 7.47. The van der Waals surface area contributed by atoms with E-state index in [2.05, 4.69) is 15.5 Å². The van der Waals surface area contributed by atoms with Crippen molar-refractivity contribution in [2.75, 3.05) is 16.8 Å². The van der Waals surface area contributed by atoms with Crippen molar-refractivity contribution < 1.29 is 19.2 Å². The third-order valence-corrected chi connectivity index (χ3v) is 7.47. The van der Waals surface area contributed by atoms with Gasteiger partial charge >= 0.3 is 6.03 Å². The number of rotatable bonds is 4. The van der Waals surface area contributed by atoms with E-state index in [1.165, 1.54) is 4.90 Å². The first-order valence-electron chi connectivity index (χ1n) is 12.3. The lowest BCUT2D eigenvalue weighted by Gasteiger charge is -2.51. The predicted octanol–water partition coefficient (Wildman–Crippen LogP) is 3.61. The Morgan fingerprint density at radius 3 is 2.66 bits per heavy atom. The predicted molar refractivity (Wildman–Crippen MR) is 132 cm³/mol. The Morgan fingerprint density at radius 2 is 1.89 bits per heavy atom. The number of fused-ring (bicyclic) bond motifs is 4. The van der Waals surface area contributed by atoms with Crippen LogP contribution in [0.3, 0.4) is 0 Å². The van der Waals surface area contributed by atoms with Gasteiger partial charge in [0.15, 0.2) is 5.41 Å². The number of urea groups is 1. The van der Waals surface area contributed by atoms with Crippen LogP contribution < -0.4 is 15.5 Å². The molecule has 2 saturated heterocycles. The van der Waals surface area contributed by atoms with Crippen LogP contribution in [0.1, 0.15) is 50.2 Å². The Morgan fingerprint density at radius 1 is 1.09 bits per heavy atom. The van der Waals surface area contributed by atoms with Crippen LogP contribution in [-0.2, 0) is 27.3 Å². The fourth-order valence-electron chi connectivity index (χ4n) is 5.73. The maximum absolute atomic E-state index is 14.2. The van der Waals surface area contributed by atoms with Gasteiger partial charge in [-0.15, -0.1) is 0 Å². The molecule has 8 heteroatoms. The molecule has 5 rings (SSSR count). The van der Waals surface area contributed by atoms with Crippen molar-refractivity contribution >= 4 is 35.1 Å². The molecule has 8 nitrogen and oxygen atoms in total.